The van der Waals surface area contributed by atoms with E-state index in [-0.39, 0.29) is 23.8 Å². The number of rotatable bonds is 3. The Morgan fingerprint density at radius 1 is 1.30 bits per heavy atom. The Kier molecular flexibility index (Phi) is 4.41. The van der Waals surface area contributed by atoms with Gasteiger partial charge in [0.2, 0.25) is 11.8 Å². The van der Waals surface area contributed by atoms with E-state index in [1.54, 1.807) is 0 Å². The Morgan fingerprint density at radius 3 is 2.78 bits per heavy atom. The summed E-state index contributed by atoms with van der Waals surface area (Å²) in [4.78, 5) is 26.6. The molecule has 23 heavy (non-hydrogen) atoms. The molecule has 1 aromatic rings. The number of hydrogen-bond donors (Lipinski definition) is 1. The van der Waals surface area contributed by atoms with Crippen molar-refractivity contribution in [1.82, 2.24) is 20.0 Å². The van der Waals surface area contributed by atoms with Gasteiger partial charge in [0, 0.05) is 38.3 Å². The number of aromatic nitrogens is 2. The molecule has 3 heterocycles. The van der Waals surface area contributed by atoms with Crippen LogP contribution in [-0.4, -0.2) is 45.6 Å². The molecule has 1 aromatic heterocycles. The summed E-state index contributed by atoms with van der Waals surface area (Å²) in [5.41, 5.74) is 3.30. The van der Waals surface area contributed by atoms with E-state index in [0.717, 1.165) is 37.1 Å². The second-order valence-electron chi connectivity index (χ2n) is 6.91. The highest BCUT2D eigenvalue weighted by Gasteiger charge is 2.34. The van der Waals surface area contributed by atoms with E-state index >= 15 is 0 Å². The number of carbonyl (C=O) groups excluding carboxylic acids is 2. The monoisotopic (exact) mass is 318 g/mol. The SMILES string of the molecule is Cc1nn(C)c(C)c1CCC(=O)N1C[C@H]2CCC[C@@H](C1)C(=O)N2. The fourth-order valence-electron chi connectivity index (χ4n) is 3.82. The topological polar surface area (TPSA) is 67.2 Å². The largest absolute Gasteiger partial charge is 0.351 e. The fourth-order valence-corrected chi connectivity index (χ4v) is 3.82. The average Bonchev–Trinajstić information content (AvgIpc) is 2.64. The molecule has 2 aliphatic heterocycles. The molecule has 0 radical (unpaired) electrons. The predicted octanol–water partition coefficient (Wildman–Crippen LogP) is 1.10. The zero-order chi connectivity index (χ0) is 16.6. The summed E-state index contributed by atoms with van der Waals surface area (Å²) in [5.74, 6) is 0.246. The third-order valence-corrected chi connectivity index (χ3v) is 5.30. The van der Waals surface area contributed by atoms with Crippen LogP contribution in [0.1, 0.15) is 42.6 Å². The van der Waals surface area contributed by atoms with Crippen LogP contribution in [0, 0.1) is 19.8 Å². The molecule has 0 spiro atoms. The van der Waals surface area contributed by atoms with Crippen molar-refractivity contribution in [3.05, 3.63) is 17.0 Å². The molecule has 2 atom stereocenters. The number of nitrogens with one attached hydrogen (secondary N) is 1. The van der Waals surface area contributed by atoms with Crippen LogP contribution in [0.3, 0.4) is 0 Å². The van der Waals surface area contributed by atoms with Gasteiger partial charge in [-0.3, -0.25) is 14.3 Å². The van der Waals surface area contributed by atoms with E-state index in [4.69, 9.17) is 0 Å². The van der Waals surface area contributed by atoms with Crippen molar-refractivity contribution in [1.29, 1.82) is 0 Å². The zero-order valence-electron chi connectivity index (χ0n) is 14.3. The lowest BCUT2D eigenvalue weighted by molar-refractivity contribution is -0.132. The summed E-state index contributed by atoms with van der Waals surface area (Å²) in [7, 11) is 1.93. The number of amides is 2. The molecule has 6 heteroatoms. The second kappa shape index (κ2) is 6.34. The van der Waals surface area contributed by atoms with Gasteiger partial charge >= 0.3 is 0 Å². The van der Waals surface area contributed by atoms with E-state index < -0.39 is 0 Å². The lowest BCUT2D eigenvalue weighted by Gasteiger charge is -2.27. The normalized spacial score (nSPS) is 24.3. The van der Waals surface area contributed by atoms with Crippen LogP contribution in [0.2, 0.25) is 0 Å². The number of likely N-dealkylation sites (tertiary alicyclic amines) is 1. The van der Waals surface area contributed by atoms with Gasteiger partial charge in [-0.15, -0.1) is 0 Å². The van der Waals surface area contributed by atoms with Gasteiger partial charge in [-0.25, -0.2) is 0 Å². The maximum atomic E-state index is 12.7. The number of nitrogens with zero attached hydrogens (tertiary/aromatic N) is 3. The van der Waals surface area contributed by atoms with Crippen LogP contribution in [-0.2, 0) is 23.1 Å². The van der Waals surface area contributed by atoms with Crippen LogP contribution in [0.15, 0.2) is 0 Å². The van der Waals surface area contributed by atoms with Crippen molar-refractivity contribution in [2.24, 2.45) is 13.0 Å². The van der Waals surface area contributed by atoms with Gasteiger partial charge in [-0.1, -0.05) is 6.42 Å². The highest BCUT2D eigenvalue weighted by molar-refractivity contribution is 5.82. The Hall–Kier alpha value is -1.85. The Balaban J connectivity index is 1.65. The first-order chi connectivity index (χ1) is 11.0. The predicted molar refractivity (Wildman–Crippen MR) is 86.9 cm³/mol. The highest BCUT2D eigenvalue weighted by atomic mass is 16.2. The summed E-state index contributed by atoms with van der Waals surface area (Å²) < 4.78 is 1.87. The van der Waals surface area contributed by atoms with Crippen molar-refractivity contribution < 1.29 is 9.59 Å². The maximum Gasteiger partial charge on any atom is 0.225 e. The minimum atomic E-state index is -0.0340. The standard InChI is InChI=1S/C17H26N4O2/c1-11-15(12(2)20(3)19-11)7-8-16(22)21-9-13-5-4-6-14(10-21)18-17(13)23/h13-14H,4-10H2,1-3H3,(H,18,23)/t13-,14+/m0/s1. The first-order valence-electron chi connectivity index (χ1n) is 8.53. The number of fused-ring (bicyclic) bond motifs is 3. The van der Waals surface area contributed by atoms with Gasteiger partial charge in [0.1, 0.15) is 0 Å². The van der Waals surface area contributed by atoms with Crippen molar-refractivity contribution in [3.8, 4) is 0 Å². The van der Waals surface area contributed by atoms with Gasteiger partial charge in [0.05, 0.1) is 11.6 Å². The summed E-state index contributed by atoms with van der Waals surface area (Å²) >= 11 is 0. The Labute approximate surface area is 137 Å². The molecular formula is C17H26N4O2. The van der Waals surface area contributed by atoms with Gasteiger partial charge in [-0.05, 0) is 38.7 Å². The Morgan fingerprint density at radius 2 is 2.09 bits per heavy atom. The van der Waals surface area contributed by atoms with Gasteiger partial charge in [0.25, 0.3) is 0 Å². The molecule has 3 rings (SSSR count). The molecule has 2 saturated heterocycles. The van der Waals surface area contributed by atoms with Crippen LogP contribution in [0.25, 0.3) is 0 Å². The minimum absolute atomic E-state index is 0.0340. The molecule has 126 valence electrons. The number of hydrogen-bond acceptors (Lipinski definition) is 3. The average molecular weight is 318 g/mol. The van der Waals surface area contributed by atoms with Gasteiger partial charge in [-0.2, -0.15) is 5.10 Å². The van der Waals surface area contributed by atoms with Crippen LogP contribution < -0.4 is 5.32 Å². The second-order valence-corrected chi connectivity index (χ2v) is 6.91. The summed E-state index contributed by atoms with van der Waals surface area (Å²) in [5, 5.41) is 7.48. The third-order valence-electron chi connectivity index (χ3n) is 5.30. The highest BCUT2D eigenvalue weighted by Crippen LogP contribution is 2.23. The van der Waals surface area contributed by atoms with Crippen LogP contribution in [0.4, 0.5) is 0 Å². The third kappa shape index (κ3) is 3.26. The Bertz CT molecular complexity index is 622. The van der Waals surface area contributed by atoms with E-state index in [2.05, 4.69) is 10.4 Å². The molecule has 0 unspecified atom stereocenters. The zero-order valence-corrected chi connectivity index (χ0v) is 14.3. The molecule has 1 N–H and O–H groups in total. The van der Waals surface area contributed by atoms with Crippen molar-refractivity contribution in [2.45, 2.75) is 52.0 Å². The lowest BCUT2D eigenvalue weighted by atomic mass is 9.98. The summed E-state index contributed by atoms with van der Waals surface area (Å²) in [6.45, 7) is 5.27. The molecule has 6 nitrogen and oxygen atoms in total. The quantitative estimate of drug-likeness (QED) is 0.907. The van der Waals surface area contributed by atoms with Crippen LogP contribution in [0.5, 0.6) is 0 Å². The smallest absolute Gasteiger partial charge is 0.225 e. The van der Waals surface area contributed by atoms with E-state index in [1.165, 1.54) is 5.56 Å². The molecular weight excluding hydrogens is 292 g/mol. The number of aryl methyl sites for hydroxylation is 2. The summed E-state index contributed by atoms with van der Waals surface area (Å²) in [6.07, 6.45) is 4.16. The van der Waals surface area contributed by atoms with E-state index in [0.29, 0.717) is 19.5 Å². The van der Waals surface area contributed by atoms with Crippen molar-refractivity contribution in [2.75, 3.05) is 13.1 Å². The fraction of sp³-hybridized carbons (Fsp3) is 0.706. The minimum Gasteiger partial charge on any atom is -0.351 e. The molecule has 2 aliphatic rings. The van der Waals surface area contributed by atoms with E-state index in [1.807, 2.05) is 30.5 Å². The van der Waals surface area contributed by atoms with Gasteiger partial charge < -0.3 is 10.2 Å². The molecule has 0 aliphatic carbocycles. The molecule has 2 amide bonds. The first kappa shape index (κ1) is 16.0. The van der Waals surface area contributed by atoms with Gasteiger partial charge in [0.15, 0.2) is 0 Å². The molecule has 0 saturated carbocycles. The van der Waals surface area contributed by atoms with E-state index in [9.17, 15) is 9.59 Å². The first-order valence-corrected chi connectivity index (χ1v) is 8.53. The maximum absolute atomic E-state index is 12.7. The number of carbonyl (C=O) groups is 2. The molecule has 2 bridgehead atoms. The lowest BCUT2D eigenvalue weighted by Crippen LogP contribution is -2.41. The van der Waals surface area contributed by atoms with Crippen LogP contribution >= 0.6 is 0 Å². The molecule has 0 aromatic carbocycles. The van der Waals surface area contributed by atoms with Crippen molar-refractivity contribution >= 4 is 11.8 Å². The molecule has 2 fully saturated rings. The van der Waals surface area contributed by atoms with Crippen molar-refractivity contribution in [3.63, 3.8) is 0 Å². The summed E-state index contributed by atoms with van der Waals surface area (Å²) in [6, 6.07) is 0.126.